The van der Waals surface area contributed by atoms with E-state index in [4.69, 9.17) is 0 Å². The van der Waals surface area contributed by atoms with Crippen molar-refractivity contribution in [3.05, 3.63) is 0 Å². The summed E-state index contributed by atoms with van der Waals surface area (Å²) < 4.78 is 0. The van der Waals surface area contributed by atoms with Crippen LogP contribution in [0.3, 0.4) is 0 Å². The van der Waals surface area contributed by atoms with Crippen molar-refractivity contribution in [3.8, 4) is 0 Å². The van der Waals surface area contributed by atoms with Crippen LogP contribution in [0.5, 0.6) is 0 Å². The molecule has 88 valence electrons. The van der Waals surface area contributed by atoms with E-state index in [1.807, 2.05) is 0 Å². The average Bonchev–Trinajstić information content (AvgIpc) is 2.69. The van der Waals surface area contributed by atoms with E-state index in [1.165, 1.54) is 30.1 Å². The largest absolute Gasteiger partial charge is 0.0651 e. The molecule has 5 aliphatic carbocycles. The van der Waals surface area contributed by atoms with Crippen LogP contribution in [0, 0.1) is 46.3 Å². The second-order valence-corrected chi connectivity index (χ2v) is 7.91. The summed E-state index contributed by atoms with van der Waals surface area (Å²) in [6, 6.07) is 0. The maximum absolute atomic E-state index is 2.54. The molecular weight excluding hydrogens is 192 g/mol. The van der Waals surface area contributed by atoms with Gasteiger partial charge in [0.1, 0.15) is 0 Å². The first-order valence-corrected chi connectivity index (χ1v) is 7.75. The molecule has 0 aromatic carbocycles. The van der Waals surface area contributed by atoms with Crippen molar-refractivity contribution in [2.75, 3.05) is 0 Å². The number of hydrogen-bond acceptors (Lipinski definition) is 0. The van der Waals surface area contributed by atoms with Gasteiger partial charge in [0.2, 0.25) is 0 Å². The lowest BCUT2D eigenvalue weighted by Gasteiger charge is -2.75. The molecule has 0 aromatic rings. The van der Waals surface area contributed by atoms with Gasteiger partial charge in [0.05, 0.1) is 0 Å². The van der Waals surface area contributed by atoms with Gasteiger partial charge in [0.15, 0.2) is 0 Å². The molecule has 0 heteroatoms. The van der Waals surface area contributed by atoms with E-state index in [-0.39, 0.29) is 0 Å². The highest BCUT2D eigenvalue weighted by molar-refractivity contribution is 5.33. The summed E-state index contributed by atoms with van der Waals surface area (Å²) in [7, 11) is 0. The van der Waals surface area contributed by atoms with Gasteiger partial charge in [0, 0.05) is 0 Å². The van der Waals surface area contributed by atoms with Crippen molar-refractivity contribution < 1.29 is 0 Å². The zero-order valence-corrected chi connectivity index (χ0v) is 10.7. The Hall–Kier alpha value is 0. The SMILES string of the molecule is CCC1C23CC(C)C2C(C3)C2C3CCCC321. The van der Waals surface area contributed by atoms with Gasteiger partial charge in [0.25, 0.3) is 0 Å². The van der Waals surface area contributed by atoms with Gasteiger partial charge in [-0.1, -0.05) is 26.7 Å². The normalized spacial score (nSPS) is 73.1. The molecule has 16 heavy (non-hydrogen) atoms. The van der Waals surface area contributed by atoms with Crippen LogP contribution in [-0.2, 0) is 0 Å². The molecule has 0 nitrogen and oxygen atoms in total. The van der Waals surface area contributed by atoms with Crippen LogP contribution in [0.1, 0.15) is 52.4 Å². The van der Waals surface area contributed by atoms with E-state index >= 15 is 0 Å². The Morgan fingerprint density at radius 1 is 1.19 bits per heavy atom. The number of fused-ring (bicyclic) bond motifs is 2. The van der Waals surface area contributed by atoms with Crippen LogP contribution < -0.4 is 0 Å². The van der Waals surface area contributed by atoms with Crippen molar-refractivity contribution in [3.63, 3.8) is 0 Å². The van der Waals surface area contributed by atoms with Gasteiger partial charge in [-0.05, 0) is 72.0 Å². The van der Waals surface area contributed by atoms with Crippen LogP contribution in [0.15, 0.2) is 0 Å². The minimum atomic E-state index is 0.897. The molecule has 5 aliphatic rings. The molecule has 2 bridgehead atoms. The molecule has 8 unspecified atom stereocenters. The van der Waals surface area contributed by atoms with E-state index in [1.54, 1.807) is 32.1 Å². The Kier molecular flexibility index (Phi) is 1.28. The highest BCUT2D eigenvalue weighted by Gasteiger charge is 2.86. The predicted molar refractivity (Wildman–Crippen MR) is 64.9 cm³/mol. The zero-order valence-electron chi connectivity index (χ0n) is 10.7. The van der Waals surface area contributed by atoms with Gasteiger partial charge >= 0.3 is 0 Å². The van der Waals surface area contributed by atoms with E-state index in [2.05, 4.69) is 13.8 Å². The van der Waals surface area contributed by atoms with E-state index in [0.717, 1.165) is 22.7 Å². The highest BCUT2D eigenvalue weighted by Crippen LogP contribution is 2.91. The molecule has 0 heterocycles. The average molecular weight is 216 g/mol. The summed E-state index contributed by atoms with van der Waals surface area (Å²) in [6.45, 7) is 5.04. The van der Waals surface area contributed by atoms with Gasteiger partial charge < -0.3 is 0 Å². The van der Waals surface area contributed by atoms with Crippen LogP contribution in [0.4, 0.5) is 0 Å². The third kappa shape index (κ3) is 0.596. The van der Waals surface area contributed by atoms with Crippen molar-refractivity contribution >= 4 is 0 Å². The number of hydrogen-bond donors (Lipinski definition) is 0. The minimum Gasteiger partial charge on any atom is -0.0651 e. The van der Waals surface area contributed by atoms with Crippen molar-refractivity contribution in [1.29, 1.82) is 0 Å². The van der Waals surface area contributed by atoms with Crippen molar-refractivity contribution in [2.24, 2.45) is 46.3 Å². The van der Waals surface area contributed by atoms with E-state index < -0.39 is 0 Å². The summed E-state index contributed by atoms with van der Waals surface area (Å²) in [4.78, 5) is 0. The molecule has 0 saturated heterocycles. The van der Waals surface area contributed by atoms with Crippen LogP contribution in [-0.4, -0.2) is 0 Å². The summed E-state index contributed by atoms with van der Waals surface area (Å²) in [5.74, 6) is 7.08. The third-order valence-electron chi connectivity index (χ3n) is 8.03. The monoisotopic (exact) mass is 216 g/mol. The van der Waals surface area contributed by atoms with Gasteiger partial charge in [-0.25, -0.2) is 0 Å². The Balaban J connectivity index is 1.62. The molecule has 5 fully saturated rings. The lowest BCUT2D eigenvalue weighted by Crippen LogP contribution is -2.69. The van der Waals surface area contributed by atoms with Gasteiger partial charge in [-0.15, -0.1) is 0 Å². The summed E-state index contributed by atoms with van der Waals surface area (Å²) in [6.07, 6.45) is 9.57. The molecule has 8 atom stereocenters. The number of rotatable bonds is 1. The first kappa shape index (κ1) is 9.00. The second-order valence-electron chi connectivity index (χ2n) is 7.91. The molecule has 5 rings (SSSR count). The lowest BCUT2D eigenvalue weighted by molar-refractivity contribution is -0.268. The molecular formula is C16H24. The minimum absolute atomic E-state index is 0.897. The van der Waals surface area contributed by atoms with Gasteiger partial charge in [-0.3, -0.25) is 0 Å². The maximum Gasteiger partial charge on any atom is -0.0199 e. The Morgan fingerprint density at radius 3 is 2.81 bits per heavy atom. The van der Waals surface area contributed by atoms with Crippen LogP contribution in [0.25, 0.3) is 0 Å². The maximum atomic E-state index is 2.54. The Labute approximate surface area is 99.2 Å². The Morgan fingerprint density at radius 2 is 2.06 bits per heavy atom. The van der Waals surface area contributed by atoms with Crippen LogP contribution >= 0.6 is 0 Å². The molecule has 5 saturated carbocycles. The molecule has 0 aromatic heterocycles. The summed E-state index contributed by atoms with van der Waals surface area (Å²) in [5, 5.41) is 0. The highest BCUT2D eigenvalue weighted by atomic mass is 14.9. The standard InChI is InChI=1S/C16H24/c1-3-12-15-7-9(2)13(15)10(8-15)14-11-5-4-6-16(11,12)14/h9-14H,3-8H2,1-2H3. The lowest BCUT2D eigenvalue weighted by atomic mass is 9.30. The molecule has 0 radical (unpaired) electrons. The van der Waals surface area contributed by atoms with E-state index in [9.17, 15) is 0 Å². The first-order valence-electron chi connectivity index (χ1n) is 7.75. The smallest absolute Gasteiger partial charge is 0.0199 e. The fraction of sp³-hybridized carbons (Fsp3) is 1.00. The second kappa shape index (κ2) is 2.27. The molecule has 0 N–H and O–H groups in total. The zero-order chi connectivity index (χ0) is 10.7. The summed E-state index contributed by atoms with van der Waals surface area (Å²) >= 11 is 0. The van der Waals surface area contributed by atoms with Gasteiger partial charge in [-0.2, -0.15) is 0 Å². The third-order valence-corrected chi connectivity index (χ3v) is 8.03. The van der Waals surface area contributed by atoms with Crippen molar-refractivity contribution in [2.45, 2.75) is 52.4 Å². The molecule has 1 spiro atoms. The fourth-order valence-electron chi connectivity index (χ4n) is 8.29. The topological polar surface area (TPSA) is 0 Å². The first-order chi connectivity index (χ1) is 7.75. The summed E-state index contributed by atoms with van der Waals surface area (Å²) in [5.41, 5.74) is 1.82. The molecule has 0 aliphatic heterocycles. The predicted octanol–water partition coefficient (Wildman–Crippen LogP) is 4.10. The Bertz CT molecular complexity index is 372. The van der Waals surface area contributed by atoms with Crippen molar-refractivity contribution in [1.82, 2.24) is 0 Å². The van der Waals surface area contributed by atoms with Crippen LogP contribution in [0.2, 0.25) is 0 Å². The molecule has 0 amide bonds. The quantitative estimate of drug-likeness (QED) is 0.619. The fourth-order valence-corrected chi connectivity index (χ4v) is 8.29. The van der Waals surface area contributed by atoms with E-state index in [0.29, 0.717) is 0 Å².